The molecule has 27 heavy (non-hydrogen) atoms. The third-order valence-corrected chi connectivity index (χ3v) is 6.64. The highest BCUT2D eigenvalue weighted by Gasteiger charge is 2.26. The van der Waals surface area contributed by atoms with Crippen molar-refractivity contribution in [2.24, 2.45) is 0 Å². The zero-order valence-electron chi connectivity index (χ0n) is 16.3. The normalized spacial score (nSPS) is 15.6. The lowest BCUT2D eigenvalue weighted by atomic mass is 10.2. The molecule has 1 amide bonds. The predicted molar refractivity (Wildman–Crippen MR) is 112 cm³/mol. The summed E-state index contributed by atoms with van der Waals surface area (Å²) in [6.07, 6.45) is 6.16. The summed E-state index contributed by atoms with van der Waals surface area (Å²) >= 11 is 1.65. The molecule has 0 N–H and O–H groups in total. The van der Waals surface area contributed by atoms with Crippen LogP contribution >= 0.6 is 11.3 Å². The molecule has 140 valence electrons. The third-order valence-electron chi connectivity index (χ3n) is 5.44. The number of benzene rings is 1. The molecule has 2 aromatic heterocycles. The molecule has 0 aliphatic heterocycles. The van der Waals surface area contributed by atoms with Crippen molar-refractivity contribution in [2.45, 2.75) is 45.7 Å². The fraction of sp³-hybridized carbons (Fsp3) is 0.364. The Morgan fingerprint density at radius 2 is 2.07 bits per heavy atom. The molecule has 0 radical (unpaired) electrons. The third kappa shape index (κ3) is 3.44. The fourth-order valence-electron chi connectivity index (χ4n) is 3.57. The zero-order valence-corrected chi connectivity index (χ0v) is 17.1. The van der Waals surface area contributed by atoms with Gasteiger partial charge in [0.1, 0.15) is 5.01 Å². The zero-order chi connectivity index (χ0) is 19.1. The number of fused-ring (bicyclic) bond motifs is 1. The highest BCUT2D eigenvalue weighted by molar-refractivity contribution is 7.18. The van der Waals surface area contributed by atoms with E-state index in [1.165, 1.54) is 24.2 Å². The molecule has 1 aromatic carbocycles. The maximum absolute atomic E-state index is 12.7. The highest BCUT2D eigenvalue weighted by Crippen LogP contribution is 2.38. The Kier molecular flexibility index (Phi) is 4.64. The molecule has 1 aliphatic rings. The van der Waals surface area contributed by atoms with Crippen molar-refractivity contribution in [3.8, 4) is 0 Å². The minimum absolute atomic E-state index is 0.00187. The molecule has 1 atom stereocenters. The molecular weight excluding hydrogens is 354 g/mol. The molecule has 1 fully saturated rings. The second-order valence-electron chi connectivity index (χ2n) is 7.41. The first-order valence-electron chi connectivity index (χ1n) is 9.44. The van der Waals surface area contributed by atoms with Crippen molar-refractivity contribution in [2.75, 3.05) is 7.05 Å². The number of nitrogens with zero attached hydrogens (tertiary/aromatic N) is 3. The predicted octanol–water partition coefficient (Wildman–Crippen LogP) is 5.28. The maximum atomic E-state index is 12.7. The number of amides is 1. The number of carbonyl (C=O) groups excluding carboxylic acids is 1. The van der Waals surface area contributed by atoms with E-state index >= 15 is 0 Å². The monoisotopic (exact) mass is 379 g/mol. The number of aromatic nitrogens is 2. The van der Waals surface area contributed by atoms with E-state index in [0.717, 1.165) is 20.8 Å². The average molecular weight is 380 g/mol. The quantitative estimate of drug-likeness (QED) is 0.566. The first-order valence-corrected chi connectivity index (χ1v) is 10.3. The summed E-state index contributed by atoms with van der Waals surface area (Å²) in [6.45, 7) is 6.32. The van der Waals surface area contributed by atoms with Crippen LogP contribution in [0.2, 0.25) is 0 Å². The van der Waals surface area contributed by atoms with Gasteiger partial charge in [-0.15, -0.1) is 11.3 Å². The minimum Gasteiger partial charge on any atom is -0.346 e. The van der Waals surface area contributed by atoms with E-state index in [9.17, 15) is 4.79 Å². The highest BCUT2D eigenvalue weighted by atomic mass is 32.1. The number of hydrogen-bond acceptors (Lipinski definition) is 3. The van der Waals surface area contributed by atoms with Crippen molar-refractivity contribution in [1.29, 1.82) is 0 Å². The number of rotatable bonds is 5. The smallest absolute Gasteiger partial charge is 0.246 e. The Labute approximate surface area is 164 Å². The Morgan fingerprint density at radius 1 is 1.33 bits per heavy atom. The summed E-state index contributed by atoms with van der Waals surface area (Å²) in [5.74, 6) is -0.00187. The molecule has 1 saturated carbocycles. The Morgan fingerprint density at radius 3 is 2.78 bits per heavy atom. The first kappa shape index (κ1) is 18.0. The van der Waals surface area contributed by atoms with Crippen LogP contribution in [0.5, 0.6) is 0 Å². The van der Waals surface area contributed by atoms with Crippen LogP contribution in [0.15, 0.2) is 36.4 Å². The van der Waals surface area contributed by atoms with Crippen LogP contribution in [-0.2, 0) is 4.79 Å². The van der Waals surface area contributed by atoms with Crippen molar-refractivity contribution in [3.63, 3.8) is 0 Å². The lowest BCUT2D eigenvalue weighted by molar-refractivity contribution is -0.126. The number of thiazole rings is 1. The molecule has 2 heterocycles. The van der Waals surface area contributed by atoms with Crippen molar-refractivity contribution in [1.82, 2.24) is 14.5 Å². The number of likely N-dealkylation sites (N-methyl/N-ethyl adjacent to an activating group) is 1. The number of hydrogen-bond donors (Lipinski definition) is 0. The Bertz CT molecular complexity index is 993. The van der Waals surface area contributed by atoms with E-state index in [2.05, 4.69) is 35.5 Å². The minimum atomic E-state index is -0.0570. The van der Waals surface area contributed by atoms with Gasteiger partial charge in [-0.25, -0.2) is 4.98 Å². The maximum Gasteiger partial charge on any atom is 0.246 e. The van der Waals surface area contributed by atoms with Crippen LogP contribution in [0.25, 0.3) is 16.3 Å². The van der Waals surface area contributed by atoms with Gasteiger partial charge in [0, 0.05) is 30.6 Å². The van der Waals surface area contributed by atoms with Crippen LogP contribution in [0.1, 0.15) is 53.8 Å². The van der Waals surface area contributed by atoms with E-state index in [-0.39, 0.29) is 11.9 Å². The van der Waals surface area contributed by atoms with Gasteiger partial charge in [-0.1, -0.05) is 12.1 Å². The lowest BCUT2D eigenvalue weighted by Gasteiger charge is -2.21. The molecule has 1 unspecified atom stereocenters. The summed E-state index contributed by atoms with van der Waals surface area (Å²) < 4.78 is 3.56. The van der Waals surface area contributed by atoms with Crippen LogP contribution in [-0.4, -0.2) is 27.4 Å². The summed E-state index contributed by atoms with van der Waals surface area (Å²) in [6, 6.07) is 10.9. The summed E-state index contributed by atoms with van der Waals surface area (Å²) in [4.78, 5) is 19.1. The molecule has 4 nitrogen and oxygen atoms in total. The molecular formula is C22H25N3OS. The van der Waals surface area contributed by atoms with Gasteiger partial charge in [0.25, 0.3) is 0 Å². The van der Waals surface area contributed by atoms with Crippen LogP contribution < -0.4 is 0 Å². The van der Waals surface area contributed by atoms with E-state index in [1.807, 2.05) is 38.2 Å². The van der Waals surface area contributed by atoms with Gasteiger partial charge in [-0.2, -0.15) is 0 Å². The SMILES string of the molecule is Cc1cc(C=CC(=O)N(C)C(C)c2nc3ccccc3s2)c(C)n1C1CC1. The number of aryl methyl sites for hydroxylation is 1. The van der Waals surface area contributed by atoms with Crippen molar-refractivity contribution >= 4 is 33.5 Å². The van der Waals surface area contributed by atoms with Crippen molar-refractivity contribution in [3.05, 3.63) is 58.4 Å². The summed E-state index contributed by atoms with van der Waals surface area (Å²) in [5, 5.41) is 0.965. The van der Waals surface area contributed by atoms with E-state index in [0.29, 0.717) is 6.04 Å². The number of carbonyl (C=O) groups is 1. The van der Waals surface area contributed by atoms with Crippen molar-refractivity contribution < 1.29 is 4.79 Å². The first-order chi connectivity index (χ1) is 13.0. The Balaban J connectivity index is 1.50. The molecule has 4 rings (SSSR count). The second kappa shape index (κ2) is 6.97. The number of para-hydroxylation sites is 1. The molecule has 0 saturated heterocycles. The molecule has 5 heteroatoms. The van der Waals surface area contributed by atoms with Crippen LogP contribution in [0, 0.1) is 13.8 Å². The van der Waals surface area contributed by atoms with Crippen LogP contribution in [0.4, 0.5) is 0 Å². The summed E-state index contributed by atoms with van der Waals surface area (Å²) in [7, 11) is 1.84. The second-order valence-corrected chi connectivity index (χ2v) is 8.47. The van der Waals surface area contributed by atoms with Gasteiger partial charge in [-0.3, -0.25) is 4.79 Å². The standard InChI is InChI=1S/C22H25N3OS/c1-14-13-17(15(2)25(14)18-10-11-18)9-12-21(26)24(4)16(3)22-23-19-7-5-6-8-20(19)27-22/h5-9,12-13,16,18H,10-11H2,1-4H3. The van der Waals surface area contributed by atoms with E-state index in [1.54, 1.807) is 22.3 Å². The molecule has 0 spiro atoms. The van der Waals surface area contributed by atoms with Gasteiger partial charge in [-0.05, 0) is 63.5 Å². The molecule has 1 aliphatic carbocycles. The van der Waals surface area contributed by atoms with Gasteiger partial charge < -0.3 is 9.47 Å². The van der Waals surface area contributed by atoms with Gasteiger partial charge >= 0.3 is 0 Å². The average Bonchev–Trinajstić information content (AvgIpc) is 3.32. The van der Waals surface area contributed by atoms with Crippen LogP contribution in [0.3, 0.4) is 0 Å². The van der Waals surface area contributed by atoms with E-state index in [4.69, 9.17) is 0 Å². The lowest BCUT2D eigenvalue weighted by Crippen LogP contribution is -2.27. The van der Waals surface area contributed by atoms with Gasteiger partial charge in [0.2, 0.25) is 5.91 Å². The topological polar surface area (TPSA) is 38.1 Å². The Hall–Kier alpha value is -2.40. The molecule has 3 aromatic rings. The fourth-order valence-corrected chi connectivity index (χ4v) is 4.63. The van der Waals surface area contributed by atoms with Gasteiger partial charge in [0.05, 0.1) is 16.3 Å². The summed E-state index contributed by atoms with van der Waals surface area (Å²) in [5.41, 5.74) is 4.65. The van der Waals surface area contributed by atoms with Gasteiger partial charge in [0.15, 0.2) is 0 Å². The largest absolute Gasteiger partial charge is 0.346 e. The van der Waals surface area contributed by atoms with E-state index < -0.39 is 0 Å². The molecule has 0 bridgehead atoms.